The highest BCUT2D eigenvalue weighted by Gasteiger charge is 2.38. The highest BCUT2D eigenvalue weighted by molar-refractivity contribution is 14.1. The van der Waals surface area contributed by atoms with E-state index in [0.717, 1.165) is 38.7 Å². The lowest BCUT2D eigenvalue weighted by Crippen LogP contribution is -2.18. The summed E-state index contributed by atoms with van der Waals surface area (Å²) in [4.78, 5) is 17.4. The molecule has 1 N–H and O–H groups in total. The molecule has 1 fully saturated rings. The second kappa shape index (κ2) is 6.44. The number of H-pyrrole nitrogens is 1. The first-order valence-corrected chi connectivity index (χ1v) is 9.35. The molecular formula is C18H15ClIN3O. The molecule has 0 unspecified atom stereocenters. The number of nitrogens with one attached hydrogen (secondary N) is 1. The van der Waals surface area contributed by atoms with Gasteiger partial charge in [0, 0.05) is 18.0 Å². The van der Waals surface area contributed by atoms with E-state index in [-0.39, 0.29) is 11.7 Å². The number of halogens is 2. The van der Waals surface area contributed by atoms with Crippen molar-refractivity contribution in [2.75, 3.05) is 0 Å². The summed E-state index contributed by atoms with van der Waals surface area (Å²) in [5, 5.41) is 8.83. The maximum absolute atomic E-state index is 13.0. The van der Waals surface area contributed by atoms with E-state index in [0.29, 0.717) is 17.4 Å². The number of benzene rings is 1. The van der Waals surface area contributed by atoms with Crippen LogP contribution in [-0.4, -0.2) is 21.0 Å². The quantitative estimate of drug-likeness (QED) is 0.580. The van der Waals surface area contributed by atoms with Gasteiger partial charge in [0.05, 0.1) is 22.2 Å². The molecular weight excluding hydrogens is 437 g/mol. The maximum Gasteiger partial charge on any atom is 0.146 e. The zero-order chi connectivity index (χ0) is 16.7. The number of rotatable bonds is 5. The first kappa shape index (κ1) is 16.0. The zero-order valence-electron chi connectivity index (χ0n) is 12.8. The third-order valence-electron chi connectivity index (χ3n) is 4.47. The van der Waals surface area contributed by atoms with Crippen molar-refractivity contribution in [3.05, 3.63) is 56.5 Å². The predicted octanol–water partition coefficient (Wildman–Crippen LogP) is 4.52. The van der Waals surface area contributed by atoms with Gasteiger partial charge < -0.3 is 0 Å². The minimum absolute atomic E-state index is 0.191. The predicted molar refractivity (Wildman–Crippen MR) is 102 cm³/mol. The van der Waals surface area contributed by atoms with Crippen molar-refractivity contribution >= 4 is 50.9 Å². The van der Waals surface area contributed by atoms with Gasteiger partial charge in [-0.05, 0) is 71.2 Å². The van der Waals surface area contributed by atoms with E-state index in [4.69, 9.17) is 11.6 Å². The number of carbonyl (C=O) groups excluding carboxylic acids is 1. The number of hydrogen-bond donors (Lipinski definition) is 1. The number of pyridine rings is 1. The molecule has 0 bridgehead atoms. The fraction of sp³-hybridized carbons (Fsp3) is 0.278. The number of ketones is 1. The van der Waals surface area contributed by atoms with Crippen LogP contribution < -0.4 is 0 Å². The molecule has 1 atom stereocenters. The summed E-state index contributed by atoms with van der Waals surface area (Å²) in [5.74, 6) is 0.372. The molecule has 24 heavy (non-hydrogen) atoms. The van der Waals surface area contributed by atoms with Crippen molar-refractivity contribution in [2.24, 2.45) is 5.92 Å². The van der Waals surface area contributed by atoms with Crippen molar-refractivity contribution in [1.29, 1.82) is 0 Å². The molecule has 3 aromatic rings. The summed E-state index contributed by atoms with van der Waals surface area (Å²) < 4.78 is 0.989. The van der Waals surface area contributed by atoms with Gasteiger partial charge in [-0.15, -0.1) is 0 Å². The molecule has 0 amide bonds. The summed E-state index contributed by atoms with van der Waals surface area (Å²) in [5.41, 5.74) is 2.65. The Hall–Kier alpha value is -1.47. The van der Waals surface area contributed by atoms with Gasteiger partial charge in [0.25, 0.3) is 0 Å². The van der Waals surface area contributed by atoms with Gasteiger partial charge >= 0.3 is 0 Å². The third-order valence-corrected chi connectivity index (χ3v) is 5.61. The van der Waals surface area contributed by atoms with E-state index in [2.05, 4.69) is 37.8 Å². The minimum Gasteiger partial charge on any atom is -0.299 e. The molecule has 1 aliphatic rings. The lowest BCUT2D eigenvalue weighted by molar-refractivity contribution is -0.120. The largest absolute Gasteiger partial charge is 0.299 e. The number of carbonyl (C=O) groups is 1. The van der Waals surface area contributed by atoms with Crippen molar-refractivity contribution < 1.29 is 4.79 Å². The second-order valence-corrected chi connectivity index (χ2v) is 7.70. The van der Waals surface area contributed by atoms with Crippen LogP contribution in [0.25, 0.3) is 10.9 Å². The van der Waals surface area contributed by atoms with Gasteiger partial charge in [0.1, 0.15) is 9.48 Å². The standard InChI is InChI=1S/C18H15ClIN3O/c19-13-2-1-7-21-17(13)16(11-4-5-11)15(24)9-10-3-6-14-12(8-10)18(20)23-22-14/h1-3,6-8,11,16H,4-5,9H2,(H,22,23)/t16-/m0/s1. The van der Waals surface area contributed by atoms with Crippen LogP contribution >= 0.6 is 34.2 Å². The Morgan fingerprint density at radius 1 is 1.38 bits per heavy atom. The Kier molecular flexibility index (Phi) is 4.30. The van der Waals surface area contributed by atoms with E-state index in [1.54, 1.807) is 12.3 Å². The average molecular weight is 452 g/mol. The number of aromatic amines is 1. The molecule has 1 aromatic carbocycles. The molecule has 2 heterocycles. The van der Waals surface area contributed by atoms with Crippen molar-refractivity contribution in [2.45, 2.75) is 25.2 Å². The van der Waals surface area contributed by atoms with Crippen LogP contribution in [0.15, 0.2) is 36.5 Å². The number of aromatic nitrogens is 3. The Morgan fingerprint density at radius 2 is 2.21 bits per heavy atom. The first-order chi connectivity index (χ1) is 11.6. The van der Waals surface area contributed by atoms with Crippen LogP contribution in [0.1, 0.15) is 30.0 Å². The van der Waals surface area contributed by atoms with E-state index in [1.165, 1.54) is 0 Å². The Labute approximate surface area is 158 Å². The van der Waals surface area contributed by atoms with Gasteiger partial charge in [-0.1, -0.05) is 17.7 Å². The monoisotopic (exact) mass is 451 g/mol. The van der Waals surface area contributed by atoms with Crippen LogP contribution in [0, 0.1) is 9.62 Å². The summed E-state index contributed by atoms with van der Waals surface area (Å²) in [7, 11) is 0. The molecule has 1 saturated carbocycles. The number of Topliss-reactive ketones (excluding diaryl/α,β-unsaturated/α-hetero) is 1. The summed E-state index contributed by atoms with van der Waals surface area (Å²) in [6.07, 6.45) is 4.25. The number of nitrogens with zero attached hydrogens (tertiary/aromatic N) is 2. The average Bonchev–Trinajstić information content (AvgIpc) is 3.34. The van der Waals surface area contributed by atoms with Gasteiger partial charge in [-0.3, -0.25) is 14.9 Å². The molecule has 1 aliphatic carbocycles. The molecule has 0 radical (unpaired) electrons. The zero-order valence-corrected chi connectivity index (χ0v) is 15.7. The molecule has 0 spiro atoms. The van der Waals surface area contributed by atoms with E-state index in [9.17, 15) is 4.79 Å². The Bertz CT molecular complexity index is 920. The lowest BCUT2D eigenvalue weighted by atomic mass is 9.90. The smallest absolute Gasteiger partial charge is 0.146 e. The highest BCUT2D eigenvalue weighted by atomic mass is 127. The molecule has 4 nitrogen and oxygen atoms in total. The minimum atomic E-state index is -0.196. The van der Waals surface area contributed by atoms with E-state index < -0.39 is 0 Å². The van der Waals surface area contributed by atoms with Crippen molar-refractivity contribution in [3.63, 3.8) is 0 Å². The maximum atomic E-state index is 13.0. The summed E-state index contributed by atoms with van der Waals surface area (Å²) >= 11 is 8.51. The molecule has 2 aromatic heterocycles. The number of fused-ring (bicyclic) bond motifs is 1. The van der Waals surface area contributed by atoms with Crippen LogP contribution in [0.2, 0.25) is 5.02 Å². The molecule has 6 heteroatoms. The van der Waals surface area contributed by atoms with Crippen LogP contribution in [-0.2, 0) is 11.2 Å². The van der Waals surface area contributed by atoms with Gasteiger partial charge in [-0.2, -0.15) is 5.10 Å². The van der Waals surface area contributed by atoms with Crippen LogP contribution in [0.4, 0.5) is 0 Å². The fourth-order valence-corrected chi connectivity index (χ4v) is 3.93. The van der Waals surface area contributed by atoms with Crippen molar-refractivity contribution in [3.8, 4) is 0 Å². The van der Waals surface area contributed by atoms with Gasteiger partial charge in [-0.25, -0.2) is 0 Å². The lowest BCUT2D eigenvalue weighted by Gasteiger charge is -2.16. The SMILES string of the molecule is O=C(Cc1ccc2n[nH]c(I)c2c1)[C@@H](c1ncccc1Cl)C1CC1. The molecule has 0 aliphatic heterocycles. The summed E-state index contributed by atoms with van der Waals surface area (Å²) in [6.45, 7) is 0. The van der Waals surface area contributed by atoms with Crippen LogP contribution in [0.5, 0.6) is 0 Å². The molecule has 122 valence electrons. The fourth-order valence-electron chi connectivity index (χ4n) is 3.14. The summed E-state index contributed by atoms with van der Waals surface area (Å²) in [6, 6.07) is 9.58. The van der Waals surface area contributed by atoms with Crippen LogP contribution in [0.3, 0.4) is 0 Å². The van der Waals surface area contributed by atoms with Gasteiger partial charge in [0.2, 0.25) is 0 Å². The van der Waals surface area contributed by atoms with E-state index >= 15 is 0 Å². The molecule has 0 saturated heterocycles. The van der Waals surface area contributed by atoms with Crippen molar-refractivity contribution in [1.82, 2.24) is 15.2 Å². The third kappa shape index (κ3) is 3.07. The second-order valence-electron chi connectivity index (χ2n) is 6.22. The normalized spacial score (nSPS) is 15.6. The van der Waals surface area contributed by atoms with Gasteiger partial charge in [0.15, 0.2) is 0 Å². The topological polar surface area (TPSA) is 58.6 Å². The highest BCUT2D eigenvalue weighted by Crippen LogP contribution is 2.44. The number of hydrogen-bond acceptors (Lipinski definition) is 3. The molecule has 4 rings (SSSR count). The Morgan fingerprint density at radius 3 is 2.96 bits per heavy atom. The first-order valence-electron chi connectivity index (χ1n) is 7.89. The van der Waals surface area contributed by atoms with E-state index in [1.807, 2.05) is 24.3 Å². The Balaban J connectivity index is 1.63.